The zero-order valence-electron chi connectivity index (χ0n) is 8.96. The Balaban J connectivity index is 2.41. The molecular weight excluding hydrogens is 194 g/mol. The van der Waals surface area contributed by atoms with Crippen LogP contribution in [0, 0.1) is 6.92 Å². The maximum atomic E-state index is 9.94. The lowest BCUT2D eigenvalue weighted by Crippen LogP contribution is -2.12. The van der Waals surface area contributed by atoms with Crippen LogP contribution >= 0.6 is 0 Å². The number of ether oxygens (including phenoxy) is 1. The number of hydroxylamine groups is 1. The number of rotatable bonds is 3. The van der Waals surface area contributed by atoms with Gasteiger partial charge in [-0.05, 0) is 18.6 Å². The fraction of sp³-hybridized carbons (Fsp3) is 0.455. The highest BCUT2D eigenvalue weighted by molar-refractivity contribution is 5.54. The van der Waals surface area contributed by atoms with E-state index in [0.717, 1.165) is 28.9 Å². The molecule has 0 atom stereocenters. The van der Waals surface area contributed by atoms with E-state index in [-0.39, 0.29) is 0 Å². The molecule has 1 aliphatic rings. The summed E-state index contributed by atoms with van der Waals surface area (Å²) in [6.07, 6.45) is 0.851. The number of phenols is 1. The molecule has 0 radical (unpaired) electrons. The Kier molecular flexibility index (Phi) is 2.79. The summed E-state index contributed by atoms with van der Waals surface area (Å²) in [5.74, 6) is 1.22. The summed E-state index contributed by atoms with van der Waals surface area (Å²) in [6, 6.07) is 1.88. The summed E-state index contributed by atoms with van der Waals surface area (Å²) in [5, 5.41) is 9.94. The van der Waals surface area contributed by atoms with E-state index in [1.54, 1.807) is 7.11 Å². The Morgan fingerprint density at radius 2 is 2.40 bits per heavy atom. The molecule has 15 heavy (non-hydrogen) atoms. The predicted octanol–water partition coefficient (Wildman–Crippen LogP) is 1.29. The number of fused-ring (bicyclic) bond motifs is 1. The Hall–Kier alpha value is -1.26. The van der Waals surface area contributed by atoms with E-state index < -0.39 is 0 Å². The van der Waals surface area contributed by atoms with E-state index in [0.29, 0.717) is 18.9 Å². The van der Waals surface area contributed by atoms with Crippen LogP contribution in [0.4, 0.5) is 0 Å². The molecular formula is C11H15NO3. The van der Waals surface area contributed by atoms with Crippen molar-refractivity contribution in [3.05, 3.63) is 22.8 Å². The van der Waals surface area contributed by atoms with E-state index in [2.05, 4.69) is 5.48 Å². The topological polar surface area (TPSA) is 50.7 Å². The molecule has 0 saturated heterocycles. The zero-order valence-corrected chi connectivity index (χ0v) is 8.96. The van der Waals surface area contributed by atoms with Crippen molar-refractivity contribution in [1.29, 1.82) is 0 Å². The maximum absolute atomic E-state index is 9.94. The quantitative estimate of drug-likeness (QED) is 0.736. The molecule has 2 N–H and O–H groups in total. The first-order valence-electron chi connectivity index (χ1n) is 4.97. The first-order valence-corrected chi connectivity index (χ1v) is 4.97. The molecule has 0 aliphatic carbocycles. The molecule has 1 aromatic carbocycles. The van der Waals surface area contributed by atoms with E-state index in [1.807, 2.05) is 13.0 Å². The third-order valence-corrected chi connectivity index (χ3v) is 2.67. The molecule has 0 fully saturated rings. The summed E-state index contributed by atoms with van der Waals surface area (Å²) in [4.78, 5) is 4.80. The number of aryl methyl sites for hydroxylation is 1. The number of hydrogen-bond donors (Lipinski definition) is 2. The molecule has 0 unspecified atom stereocenters. The third kappa shape index (κ3) is 1.78. The highest BCUT2D eigenvalue weighted by atomic mass is 16.6. The van der Waals surface area contributed by atoms with E-state index in [1.165, 1.54) is 0 Å². The number of benzene rings is 1. The number of hydrogen-bond acceptors (Lipinski definition) is 4. The van der Waals surface area contributed by atoms with Gasteiger partial charge in [0.05, 0.1) is 20.3 Å². The van der Waals surface area contributed by atoms with Gasteiger partial charge in [-0.15, -0.1) is 0 Å². The Labute approximate surface area is 88.8 Å². The number of aromatic hydroxyl groups is 1. The van der Waals surface area contributed by atoms with Crippen molar-refractivity contribution in [1.82, 2.24) is 5.48 Å². The summed E-state index contributed by atoms with van der Waals surface area (Å²) >= 11 is 0. The molecule has 4 heteroatoms. The monoisotopic (exact) mass is 209 g/mol. The molecule has 0 bridgehead atoms. The molecule has 0 spiro atoms. The maximum Gasteiger partial charge on any atom is 0.123 e. The van der Waals surface area contributed by atoms with E-state index in [4.69, 9.17) is 9.57 Å². The first kappa shape index (κ1) is 10.3. The summed E-state index contributed by atoms with van der Waals surface area (Å²) in [6.45, 7) is 3.06. The Morgan fingerprint density at radius 3 is 3.13 bits per heavy atom. The minimum Gasteiger partial charge on any atom is -0.507 e. The molecule has 0 saturated carbocycles. The van der Waals surface area contributed by atoms with Gasteiger partial charge in [0.15, 0.2) is 0 Å². The zero-order chi connectivity index (χ0) is 10.8. The summed E-state index contributed by atoms with van der Waals surface area (Å²) < 4.78 is 5.48. The SMILES string of the molecule is CONCc1c(O)c(C)cc2c1CCO2. The Morgan fingerprint density at radius 1 is 1.60 bits per heavy atom. The molecule has 1 heterocycles. The van der Waals surface area contributed by atoms with Crippen LogP contribution in [-0.4, -0.2) is 18.8 Å². The lowest BCUT2D eigenvalue weighted by atomic mass is 10.0. The van der Waals surface area contributed by atoms with Crippen LogP contribution in [0.1, 0.15) is 16.7 Å². The van der Waals surface area contributed by atoms with Gasteiger partial charge < -0.3 is 14.7 Å². The normalized spacial score (nSPS) is 13.7. The van der Waals surface area contributed by atoms with Crippen molar-refractivity contribution in [3.63, 3.8) is 0 Å². The van der Waals surface area contributed by atoms with Crippen molar-refractivity contribution in [2.24, 2.45) is 0 Å². The molecule has 1 aromatic rings. The molecule has 4 nitrogen and oxygen atoms in total. The van der Waals surface area contributed by atoms with Gasteiger partial charge in [0.2, 0.25) is 0 Å². The summed E-state index contributed by atoms with van der Waals surface area (Å²) in [5.41, 5.74) is 5.55. The fourth-order valence-electron chi connectivity index (χ4n) is 1.88. The van der Waals surface area contributed by atoms with Gasteiger partial charge >= 0.3 is 0 Å². The van der Waals surface area contributed by atoms with E-state index in [9.17, 15) is 5.11 Å². The van der Waals surface area contributed by atoms with Gasteiger partial charge in [0, 0.05) is 17.5 Å². The van der Waals surface area contributed by atoms with Gasteiger partial charge in [-0.3, -0.25) is 0 Å². The number of phenolic OH excluding ortho intramolecular Hbond substituents is 1. The van der Waals surface area contributed by atoms with Crippen LogP contribution in [0.5, 0.6) is 11.5 Å². The second-order valence-electron chi connectivity index (χ2n) is 3.62. The van der Waals surface area contributed by atoms with Crippen LogP contribution in [0.25, 0.3) is 0 Å². The largest absolute Gasteiger partial charge is 0.507 e. The van der Waals surface area contributed by atoms with Crippen LogP contribution in [0.15, 0.2) is 6.07 Å². The average Bonchev–Trinajstić information content (AvgIpc) is 2.66. The van der Waals surface area contributed by atoms with E-state index >= 15 is 0 Å². The highest BCUT2D eigenvalue weighted by Gasteiger charge is 2.20. The van der Waals surface area contributed by atoms with Crippen molar-refractivity contribution in [2.45, 2.75) is 19.9 Å². The van der Waals surface area contributed by atoms with Crippen molar-refractivity contribution in [2.75, 3.05) is 13.7 Å². The number of nitrogens with one attached hydrogen (secondary N) is 1. The van der Waals surface area contributed by atoms with Gasteiger partial charge in [-0.1, -0.05) is 0 Å². The van der Waals surface area contributed by atoms with Gasteiger partial charge in [-0.2, -0.15) is 5.48 Å². The predicted molar refractivity (Wildman–Crippen MR) is 55.9 cm³/mol. The summed E-state index contributed by atoms with van der Waals surface area (Å²) in [7, 11) is 1.56. The van der Waals surface area contributed by atoms with Crippen LogP contribution < -0.4 is 10.2 Å². The smallest absolute Gasteiger partial charge is 0.123 e. The van der Waals surface area contributed by atoms with Gasteiger partial charge in [0.1, 0.15) is 11.5 Å². The second-order valence-corrected chi connectivity index (χ2v) is 3.62. The third-order valence-electron chi connectivity index (χ3n) is 2.67. The molecule has 0 amide bonds. The molecule has 1 aliphatic heterocycles. The highest BCUT2D eigenvalue weighted by Crippen LogP contribution is 2.36. The molecule has 0 aromatic heterocycles. The second kappa shape index (κ2) is 4.08. The fourth-order valence-corrected chi connectivity index (χ4v) is 1.88. The van der Waals surface area contributed by atoms with Crippen LogP contribution in [0.3, 0.4) is 0 Å². The van der Waals surface area contributed by atoms with Gasteiger partial charge in [0.25, 0.3) is 0 Å². The minimum atomic E-state index is 0.337. The lowest BCUT2D eigenvalue weighted by molar-refractivity contribution is 0.0859. The van der Waals surface area contributed by atoms with Crippen LogP contribution in [0.2, 0.25) is 0 Å². The molecule has 2 rings (SSSR count). The van der Waals surface area contributed by atoms with Crippen molar-refractivity contribution < 1.29 is 14.7 Å². The minimum absolute atomic E-state index is 0.337. The average molecular weight is 209 g/mol. The lowest BCUT2D eigenvalue weighted by Gasteiger charge is -2.12. The first-order chi connectivity index (χ1) is 7.24. The standard InChI is InChI=1S/C11H15NO3/c1-7-5-10-8(3-4-15-10)9(11(7)13)6-12-14-2/h5,12-13H,3-4,6H2,1-2H3. The van der Waals surface area contributed by atoms with Crippen LogP contribution in [-0.2, 0) is 17.8 Å². The van der Waals surface area contributed by atoms with Gasteiger partial charge in [-0.25, -0.2) is 0 Å². The van der Waals surface area contributed by atoms with Crippen molar-refractivity contribution >= 4 is 0 Å². The van der Waals surface area contributed by atoms with Crippen molar-refractivity contribution in [3.8, 4) is 11.5 Å². The molecule has 82 valence electrons. The Bertz CT molecular complexity index is 377.